The lowest BCUT2D eigenvalue weighted by Crippen LogP contribution is -2.43. The molecule has 1 aromatic carbocycles. The lowest BCUT2D eigenvalue weighted by molar-refractivity contribution is 0.126. The molecule has 2 rings (SSSR count). The van der Waals surface area contributed by atoms with Crippen LogP contribution in [0.5, 0.6) is 5.75 Å². The molecule has 0 aliphatic carbocycles. The van der Waals surface area contributed by atoms with Gasteiger partial charge < -0.3 is 10.1 Å². The molecule has 1 N–H and O–H groups in total. The fourth-order valence-electron chi connectivity index (χ4n) is 3.39. The Labute approximate surface area is 129 Å². The summed E-state index contributed by atoms with van der Waals surface area (Å²) in [7, 11) is 3.78. The first-order valence-electron chi connectivity index (χ1n) is 8.33. The number of hydrogen-bond donors (Lipinski definition) is 1. The molecule has 0 bridgehead atoms. The molecular formula is C18H30N2O. The maximum atomic E-state index is 5.25. The lowest BCUT2D eigenvalue weighted by atomic mass is 9.96. The highest BCUT2D eigenvalue weighted by molar-refractivity contribution is 5.29. The van der Waals surface area contributed by atoms with Crippen LogP contribution >= 0.6 is 0 Å². The van der Waals surface area contributed by atoms with E-state index in [0.29, 0.717) is 6.04 Å². The van der Waals surface area contributed by atoms with Crippen LogP contribution in [0, 0.1) is 0 Å². The number of ether oxygens (including phenoxy) is 1. The third kappa shape index (κ3) is 4.45. The third-order valence-electron chi connectivity index (χ3n) is 4.65. The predicted octanol–water partition coefficient (Wildman–Crippen LogP) is 3.61. The van der Waals surface area contributed by atoms with Crippen LogP contribution < -0.4 is 10.1 Å². The van der Waals surface area contributed by atoms with E-state index in [-0.39, 0.29) is 0 Å². The lowest BCUT2D eigenvalue weighted by Gasteiger charge is -2.38. The van der Waals surface area contributed by atoms with Gasteiger partial charge in [-0.25, -0.2) is 0 Å². The molecule has 1 aliphatic heterocycles. The van der Waals surface area contributed by atoms with Crippen molar-refractivity contribution < 1.29 is 4.74 Å². The van der Waals surface area contributed by atoms with Crippen molar-refractivity contribution in [3.8, 4) is 5.75 Å². The molecule has 3 heteroatoms. The second-order valence-corrected chi connectivity index (χ2v) is 6.05. The van der Waals surface area contributed by atoms with Crippen LogP contribution in [-0.2, 0) is 0 Å². The summed E-state index contributed by atoms with van der Waals surface area (Å²) >= 11 is 0. The van der Waals surface area contributed by atoms with E-state index < -0.39 is 0 Å². The minimum absolute atomic E-state index is 0.397. The molecule has 0 spiro atoms. The van der Waals surface area contributed by atoms with Gasteiger partial charge in [0.25, 0.3) is 0 Å². The Morgan fingerprint density at radius 1 is 1.29 bits per heavy atom. The highest BCUT2D eigenvalue weighted by atomic mass is 16.5. The van der Waals surface area contributed by atoms with E-state index in [9.17, 15) is 0 Å². The first-order chi connectivity index (χ1) is 10.3. The highest BCUT2D eigenvalue weighted by Crippen LogP contribution is 2.25. The van der Waals surface area contributed by atoms with Crippen LogP contribution in [0.25, 0.3) is 0 Å². The van der Waals surface area contributed by atoms with Crippen molar-refractivity contribution >= 4 is 0 Å². The van der Waals surface area contributed by atoms with Gasteiger partial charge in [-0.15, -0.1) is 0 Å². The molecule has 0 saturated carbocycles. The summed E-state index contributed by atoms with van der Waals surface area (Å²) in [6, 6.07) is 9.64. The molecule has 21 heavy (non-hydrogen) atoms. The van der Waals surface area contributed by atoms with Crippen molar-refractivity contribution in [2.24, 2.45) is 0 Å². The molecule has 1 heterocycles. The summed E-state index contributed by atoms with van der Waals surface area (Å²) in [5.74, 6) is 0.926. The second-order valence-electron chi connectivity index (χ2n) is 6.05. The van der Waals surface area contributed by atoms with Crippen molar-refractivity contribution in [3.05, 3.63) is 29.8 Å². The van der Waals surface area contributed by atoms with Crippen LogP contribution in [0.2, 0.25) is 0 Å². The number of nitrogens with zero attached hydrogens (tertiary/aromatic N) is 1. The molecule has 0 amide bonds. The van der Waals surface area contributed by atoms with Gasteiger partial charge in [0.15, 0.2) is 0 Å². The minimum atomic E-state index is 0.397. The Balaban J connectivity index is 2.02. The summed E-state index contributed by atoms with van der Waals surface area (Å²) in [6.45, 7) is 4.65. The SMILES string of the molecule is CCCC1CCCCN1CC(NC)c1ccc(OC)cc1. The van der Waals surface area contributed by atoms with E-state index in [1.165, 1.54) is 44.2 Å². The molecule has 0 radical (unpaired) electrons. The normalized spacial score (nSPS) is 21.2. The minimum Gasteiger partial charge on any atom is -0.497 e. The number of piperidine rings is 1. The van der Waals surface area contributed by atoms with Gasteiger partial charge in [-0.05, 0) is 50.6 Å². The summed E-state index contributed by atoms with van der Waals surface area (Å²) in [6.07, 6.45) is 6.73. The van der Waals surface area contributed by atoms with Crippen LogP contribution in [0.15, 0.2) is 24.3 Å². The Bertz CT molecular complexity index is 402. The number of likely N-dealkylation sites (tertiary alicyclic amines) is 1. The van der Waals surface area contributed by atoms with Gasteiger partial charge in [0.1, 0.15) is 5.75 Å². The largest absolute Gasteiger partial charge is 0.497 e. The number of rotatable bonds is 7. The van der Waals surface area contributed by atoms with E-state index in [1.54, 1.807) is 7.11 Å². The summed E-state index contributed by atoms with van der Waals surface area (Å²) < 4.78 is 5.25. The summed E-state index contributed by atoms with van der Waals surface area (Å²) in [5.41, 5.74) is 1.35. The summed E-state index contributed by atoms with van der Waals surface area (Å²) in [5, 5.41) is 3.48. The van der Waals surface area contributed by atoms with Crippen LogP contribution in [0.1, 0.15) is 50.6 Å². The van der Waals surface area contributed by atoms with Crippen LogP contribution in [-0.4, -0.2) is 38.2 Å². The quantitative estimate of drug-likeness (QED) is 0.830. The molecule has 0 aromatic heterocycles. The zero-order valence-corrected chi connectivity index (χ0v) is 13.8. The van der Waals surface area contributed by atoms with Gasteiger partial charge in [-0.2, -0.15) is 0 Å². The van der Waals surface area contributed by atoms with E-state index in [1.807, 2.05) is 0 Å². The number of methoxy groups -OCH3 is 1. The number of nitrogens with one attached hydrogen (secondary N) is 1. The molecule has 1 aromatic rings. The third-order valence-corrected chi connectivity index (χ3v) is 4.65. The van der Waals surface area contributed by atoms with E-state index in [0.717, 1.165) is 18.3 Å². The number of hydrogen-bond acceptors (Lipinski definition) is 3. The zero-order chi connectivity index (χ0) is 15.1. The van der Waals surface area contributed by atoms with E-state index in [2.05, 4.69) is 48.5 Å². The van der Waals surface area contributed by atoms with Gasteiger partial charge in [-0.3, -0.25) is 4.90 Å². The van der Waals surface area contributed by atoms with Gasteiger partial charge in [0, 0.05) is 18.6 Å². The van der Waals surface area contributed by atoms with Crippen molar-refractivity contribution in [2.45, 2.75) is 51.1 Å². The Morgan fingerprint density at radius 3 is 2.67 bits per heavy atom. The average Bonchev–Trinajstić information content (AvgIpc) is 2.54. The fourth-order valence-corrected chi connectivity index (χ4v) is 3.39. The average molecular weight is 290 g/mol. The van der Waals surface area contributed by atoms with Crippen LogP contribution in [0.3, 0.4) is 0 Å². The zero-order valence-electron chi connectivity index (χ0n) is 13.8. The molecule has 1 saturated heterocycles. The topological polar surface area (TPSA) is 24.5 Å². The fraction of sp³-hybridized carbons (Fsp3) is 0.667. The maximum absolute atomic E-state index is 5.25. The van der Waals surface area contributed by atoms with Gasteiger partial charge in [-0.1, -0.05) is 31.9 Å². The Hall–Kier alpha value is -1.06. The number of likely N-dealkylation sites (N-methyl/N-ethyl adjacent to an activating group) is 1. The van der Waals surface area contributed by atoms with Gasteiger partial charge >= 0.3 is 0 Å². The number of benzene rings is 1. The summed E-state index contributed by atoms with van der Waals surface area (Å²) in [4.78, 5) is 2.69. The van der Waals surface area contributed by atoms with Crippen molar-refractivity contribution in [2.75, 3.05) is 27.2 Å². The monoisotopic (exact) mass is 290 g/mol. The molecule has 118 valence electrons. The smallest absolute Gasteiger partial charge is 0.118 e. The Kier molecular flexibility index (Phi) is 6.52. The second kappa shape index (κ2) is 8.40. The first kappa shape index (κ1) is 16.3. The molecule has 2 unspecified atom stereocenters. The van der Waals surface area contributed by atoms with Crippen LogP contribution in [0.4, 0.5) is 0 Å². The van der Waals surface area contributed by atoms with Crippen molar-refractivity contribution in [3.63, 3.8) is 0 Å². The molecule has 3 nitrogen and oxygen atoms in total. The molecular weight excluding hydrogens is 260 g/mol. The van der Waals surface area contributed by atoms with Gasteiger partial charge in [0.05, 0.1) is 7.11 Å². The van der Waals surface area contributed by atoms with E-state index in [4.69, 9.17) is 4.74 Å². The van der Waals surface area contributed by atoms with Gasteiger partial charge in [0.2, 0.25) is 0 Å². The Morgan fingerprint density at radius 2 is 2.05 bits per heavy atom. The standard InChI is InChI=1S/C18H30N2O/c1-4-7-16-8-5-6-13-20(16)14-18(19-2)15-9-11-17(21-3)12-10-15/h9-12,16,18-19H,4-8,13-14H2,1-3H3. The van der Waals surface area contributed by atoms with Crippen molar-refractivity contribution in [1.82, 2.24) is 10.2 Å². The highest BCUT2D eigenvalue weighted by Gasteiger charge is 2.24. The molecule has 1 fully saturated rings. The maximum Gasteiger partial charge on any atom is 0.118 e. The molecule has 2 atom stereocenters. The predicted molar refractivity (Wildman–Crippen MR) is 88.9 cm³/mol. The molecule has 1 aliphatic rings. The van der Waals surface area contributed by atoms with E-state index >= 15 is 0 Å². The van der Waals surface area contributed by atoms with Crippen molar-refractivity contribution in [1.29, 1.82) is 0 Å². The first-order valence-corrected chi connectivity index (χ1v) is 8.33.